The highest BCUT2D eigenvalue weighted by Gasteiger charge is 2.31. The minimum absolute atomic E-state index is 0.311. The van der Waals surface area contributed by atoms with Crippen LogP contribution in [-0.2, 0) is 30.4 Å². The Morgan fingerprint density at radius 1 is 1.31 bits per heavy atom. The average molecular weight is 374 g/mol. The van der Waals surface area contributed by atoms with E-state index in [1.54, 1.807) is 6.92 Å². The van der Waals surface area contributed by atoms with Crippen LogP contribution in [0.4, 0.5) is 5.00 Å². The Labute approximate surface area is 155 Å². The predicted molar refractivity (Wildman–Crippen MR) is 97.9 cm³/mol. The first kappa shape index (κ1) is 17.3. The molecule has 0 bridgehead atoms. The molecule has 2 aromatic heterocycles. The van der Waals surface area contributed by atoms with Crippen LogP contribution in [0.5, 0.6) is 0 Å². The van der Waals surface area contributed by atoms with Gasteiger partial charge in [-0.3, -0.25) is 4.79 Å². The van der Waals surface area contributed by atoms with Crippen LogP contribution in [0.25, 0.3) is 0 Å². The lowest BCUT2D eigenvalue weighted by atomic mass is 9.88. The first-order valence-corrected chi connectivity index (χ1v) is 10.0. The summed E-state index contributed by atoms with van der Waals surface area (Å²) in [7, 11) is 0. The quantitative estimate of drug-likeness (QED) is 0.824. The number of carbonyl (C=O) groups excluding carboxylic acids is 2. The number of nitrogens with one attached hydrogen (secondary N) is 1. The van der Waals surface area contributed by atoms with E-state index >= 15 is 0 Å². The van der Waals surface area contributed by atoms with Gasteiger partial charge in [0.05, 0.1) is 12.2 Å². The van der Waals surface area contributed by atoms with Gasteiger partial charge in [-0.25, -0.2) is 4.79 Å². The highest BCUT2D eigenvalue weighted by molar-refractivity contribution is 7.17. The van der Waals surface area contributed by atoms with Crippen LogP contribution in [0, 0.1) is 5.92 Å². The van der Waals surface area contributed by atoms with Gasteiger partial charge < -0.3 is 14.6 Å². The SMILES string of the molecule is CCOC(=O)c1c(NC(=O)c2noc3c2CC(C)CC3)sc2c1CCC2. The molecule has 1 N–H and O–H groups in total. The van der Waals surface area contributed by atoms with Crippen LogP contribution in [0.1, 0.15) is 69.3 Å². The molecule has 0 spiro atoms. The number of carbonyl (C=O) groups is 2. The topological polar surface area (TPSA) is 81.4 Å². The summed E-state index contributed by atoms with van der Waals surface area (Å²) in [5.74, 6) is 0.647. The number of hydrogen-bond donors (Lipinski definition) is 1. The van der Waals surface area contributed by atoms with Gasteiger partial charge in [-0.1, -0.05) is 12.1 Å². The van der Waals surface area contributed by atoms with Gasteiger partial charge in [0, 0.05) is 16.9 Å². The maximum atomic E-state index is 12.8. The molecule has 2 aliphatic rings. The number of rotatable bonds is 4. The van der Waals surface area contributed by atoms with E-state index in [1.165, 1.54) is 16.2 Å². The minimum atomic E-state index is -0.363. The molecule has 0 aromatic carbocycles. The fourth-order valence-corrected chi connectivity index (χ4v) is 5.10. The van der Waals surface area contributed by atoms with Gasteiger partial charge in [0.2, 0.25) is 0 Å². The van der Waals surface area contributed by atoms with Crippen LogP contribution < -0.4 is 5.32 Å². The Bertz CT molecular complexity index is 867. The molecule has 138 valence electrons. The number of thiophene rings is 1. The molecule has 0 saturated heterocycles. The lowest BCUT2D eigenvalue weighted by Gasteiger charge is -2.16. The number of aromatic nitrogens is 1. The number of fused-ring (bicyclic) bond motifs is 2. The lowest BCUT2D eigenvalue weighted by Crippen LogP contribution is -2.19. The second kappa shape index (κ2) is 6.87. The Morgan fingerprint density at radius 3 is 2.96 bits per heavy atom. The molecule has 2 aromatic rings. The van der Waals surface area contributed by atoms with Crippen molar-refractivity contribution in [1.29, 1.82) is 0 Å². The first-order valence-electron chi connectivity index (χ1n) is 9.18. The molecule has 0 saturated carbocycles. The highest BCUT2D eigenvalue weighted by Crippen LogP contribution is 2.40. The van der Waals surface area contributed by atoms with Gasteiger partial charge in [-0.15, -0.1) is 11.3 Å². The van der Waals surface area contributed by atoms with Crippen molar-refractivity contribution in [1.82, 2.24) is 5.16 Å². The lowest BCUT2D eigenvalue weighted by molar-refractivity contribution is 0.0527. The number of ether oxygens (including phenoxy) is 1. The predicted octanol–water partition coefficient (Wildman–Crippen LogP) is 3.78. The highest BCUT2D eigenvalue weighted by atomic mass is 32.1. The molecule has 7 heteroatoms. The van der Waals surface area contributed by atoms with E-state index < -0.39 is 0 Å². The van der Waals surface area contributed by atoms with Crippen LogP contribution in [0.2, 0.25) is 0 Å². The Balaban J connectivity index is 1.63. The summed E-state index contributed by atoms with van der Waals surface area (Å²) in [5, 5.41) is 7.48. The molecule has 0 radical (unpaired) electrons. The van der Waals surface area contributed by atoms with E-state index in [0.29, 0.717) is 28.8 Å². The van der Waals surface area contributed by atoms with Crippen molar-refractivity contribution in [3.63, 3.8) is 0 Å². The van der Waals surface area contributed by atoms with Crippen molar-refractivity contribution < 1.29 is 18.8 Å². The fourth-order valence-electron chi connectivity index (χ4n) is 3.83. The van der Waals surface area contributed by atoms with Gasteiger partial charge >= 0.3 is 5.97 Å². The third-order valence-corrected chi connectivity index (χ3v) is 6.34. The van der Waals surface area contributed by atoms with Crippen LogP contribution in [-0.4, -0.2) is 23.6 Å². The summed E-state index contributed by atoms with van der Waals surface area (Å²) >= 11 is 1.48. The summed E-state index contributed by atoms with van der Waals surface area (Å²) in [6.45, 7) is 4.26. The number of nitrogens with zero attached hydrogens (tertiary/aromatic N) is 1. The van der Waals surface area contributed by atoms with Gasteiger partial charge in [0.25, 0.3) is 5.91 Å². The van der Waals surface area contributed by atoms with Crippen molar-refractivity contribution in [2.45, 2.75) is 52.4 Å². The Morgan fingerprint density at radius 2 is 2.15 bits per heavy atom. The molecule has 0 aliphatic heterocycles. The summed E-state index contributed by atoms with van der Waals surface area (Å²) in [4.78, 5) is 26.4. The summed E-state index contributed by atoms with van der Waals surface area (Å²) in [5.41, 5.74) is 2.79. The molecule has 2 aliphatic carbocycles. The second-order valence-corrected chi connectivity index (χ2v) is 8.12. The number of hydrogen-bond acceptors (Lipinski definition) is 6. The average Bonchev–Trinajstić information content (AvgIpc) is 3.28. The zero-order valence-electron chi connectivity index (χ0n) is 15.0. The Kier molecular flexibility index (Phi) is 4.56. The molecule has 1 unspecified atom stereocenters. The van der Waals surface area contributed by atoms with E-state index in [0.717, 1.165) is 55.4 Å². The zero-order valence-corrected chi connectivity index (χ0v) is 15.8. The molecule has 1 atom stereocenters. The van der Waals surface area contributed by atoms with Crippen LogP contribution in [0.3, 0.4) is 0 Å². The van der Waals surface area contributed by atoms with Crippen LogP contribution in [0.15, 0.2) is 4.52 Å². The van der Waals surface area contributed by atoms with Crippen LogP contribution >= 0.6 is 11.3 Å². The summed E-state index contributed by atoms with van der Waals surface area (Å²) in [6.07, 6.45) is 5.50. The monoisotopic (exact) mass is 374 g/mol. The minimum Gasteiger partial charge on any atom is -0.462 e. The standard InChI is InChI=1S/C19H22N2O4S/c1-3-24-19(23)15-11-5-4-6-14(11)26-18(15)20-17(22)16-12-9-10(2)7-8-13(12)25-21-16/h10H,3-9H2,1-2H3,(H,20,22). The van der Waals surface area contributed by atoms with E-state index in [9.17, 15) is 9.59 Å². The number of aryl methyl sites for hydroxylation is 2. The van der Waals surface area contributed by atoms with E-state index in [2.05, 4.69) is 17.4 Å². The molecule has 4 rings (SSSR count). The van der Waals surface area contributed by atoms with E-state index in [-0.39, 0.29) is 11.9 Å². The van der Waals surface area contributed by atoms with Gasteiger partial charge in [0.15, 0.2) is 5.69 Å². The largest absolute Gasteiger partial charge is 0.462 e. The third-order valence-electron chi connectivity index (χ3n) is 5.13. The van der Waals surface area contributed by atoms with Gasteiger partial charge in [0.1, 0.15) is 10.8 Å². The zero-order chi connectivity index (χ0) is 18.3. The first-order chi connectivity index (χ1) is 12.6. The molecule has 2 heterocycles. The normalized spacial score (nSPS) is 18.3. The molecule has 26 heavy (non-hydrogen) atoms. The maximum Gasteiger partial charge on any atom is 0.341 e. The summed E-state index contributed by atoms with van der Waals surface area (Å²) < 4.78 is 10.6. The smallest absolute Gasteiger partial charge is 0.341 e. The molecular weight excluding hydrogens is 352 g/mol. The van der Waals surface area contributed by atoms with Crippen molar-refractivity contribution in [2.24, 2.45) is 5.92 Å². The van der Waals surface area contributed by atoms with Gasteiger partial charge in [-0.05, 0) is 50.5 Å². The van der Waals surface area contributed by atoms with Crippen molar-refractivity contribution in [3.05, 3.63) is 33.0 Å². The molecule has 0 fully saturated rings. The van der Waals surface area contributed by atoms with Crippen molar-refractivity contribution in [2.75, 3.05) is 11.9 Å². The van der Waals surface area contributed by atoms with Crippen molar-refractivity contribution in [3.8, 4) is 0 Å². The maximum absolute atomic E-state index is 12.8. The molecule has 6 nitrogen and oxygen atoms in total. The second-order valence-electron chi connectivity index (χ2n) is 7.02. The van der Waals surface area contributed by atoms with Crippen molar-refractivity contribution >= 4 is 28.2 Å². The number of anilines is 1. The van der Waals surface area contributed by atoms with Gasteiger partial charge in [-0.2, -0.15) is 0 Å². The number of esters is 1. The fraction of sp³-hybridized carbons (Fsp3) is 0.526. The van der Waals surface area contributed by atoms with E-state index in [4.69, 9.17) is 9.26 Å². The number of amides is 1. The molecule has 1 amide bonds. The third kappa shape index (κ3) is 2.94. The Hall–Kier alpha value is -2.15. The van der Waals surface area contributed by atoms with E-state index in [1.807, 2.05) is 0 Å². The molecular formula is C19H22N2O4S. The summed E-state index contributed by atoms with van der Waals surface area (Å²) in [6, 6.07) is 0.